The van der Waals surface area contributed by atoms with Crippen LogP contribution in [-0.4, -0.2) is 4.98 Å². The van der Waals surface area contributed by atoms with Crippen molar-refractivity contribution in [1.29, 1.82) is 0 Å². The molecule has 3 heteroatoms. The van der Waals surface area contributed by atoms with E-state index in [1.54, 1.807) is 12.3 Å². The van der Waals surface area contributed by atoms with Crippen molar-refractivity contribution in [2.75, 3.05) is 0 Å². The fraction of sp³-hybridized carbons (Fsp3) is 0. The summed E-state index contributed by atoms with van der Waals surface area (Å²) in [5.41, 5.74) is 0.812. The van der Waals surface area contributed by atoms with Gasteiger partial charge in [0.2, 0.25) is 0 Å². The summed E-state index contributed by atoms with van der Waals surface area (Å²) in [6, 6.07) is 8.49. The van der Waals surface area contributed by atoms with Gasteiger partial charge in [-0.25, -0.2) is 0 Å². The van der Waals surface area contributed by atoms with Crippen LogP contribution in [0.3, 0.4) is 0 Å². The molecule has 0 atom stereocenters. The highest BCUT2D eigenvalue weighted by atomic mass is 35.5. The van der Waals surface area contributed by atoms with Crippen LogP contribution >= 0.6 is 23.2 Å². The van der Waals surface area contributed by atoms with Gasteiger partial charge < -0.3 is 0 Å². The summed E-state index contributed by atoms with van der Waals surface area (Å²) in [4.78, 5) is 4.09. The van der Waals surface area contributed by atoms with Gasteiger partial charge in [0, 0.05) is 11.6 Å². The second-order valence-corrected chi connectivity index (χ2v) is 3.14. The molecule has 0 saturated carbocycles. The molecule has 1 aromatic carbocycles. The van der Waals surface area contributed by atoms with Crippen molar-refractivity contribution >= 4 is 34.1 Å². The molecule has 0 N–H and O–H groups in total. The first-order chi connectivity index (χ1) is 5.79. The topological polar surface area (TPSA) is 12.9 Å². The average molecular weight is 197 g/mol. The van der Waals surface area contributed by atoms with Crippen LogP contribution < -0.4 is 0 Å². The lowest BCUT2D eigenvalue weighted by atomic mass is 10.2. The molecule has 1 nitrogen and oxygen atoms in total. The van der Waals surface area contributed by atoms with Crippen molar-refractivity contribution in [3.63, 3.8) is 0 Å². The summed E-state index contributed by atoms with van der Waals surface area (Å²) in [7, 11) is 0. The summed E-state index contributed by atoms with van der Waals surface area (Å²) in [5, 5.41) is 1.75. The largest absolute Gasteiger partial charge is 0.255 e. The lowest BCUT2D eigenvalue weighted by Crippen LogP contribution is -1.79. The second-order valence-electron chi connectivity index (χ2n) is 2.35. The number of pyridine rings is 1. The Morgan fingerprint density at radius 3 is 3.00 bits per heavy atom. The van der Waals surface area contributed by atoms with E-state index < -0.39 is 0 Å². The van der Waals surface area contributed by atoms with E-state index in [4.69, 9.17) is 23.2 Å². The molecule has 1 radical (unpaired) electrons. The quantitative estimate of drug-likeness (QED) is 0.631. The van der Waals surface area contributed by atoms with Crippen LogP contribution in [0.15, 0.2) is 24.4 Å². The number of aromatic nitrogens is 1. The number of fused-ring (bicyclic) bond motifs is 1. The molecular formula is C9H4Cl2N. The third-order valence-electron chi connectivity index (χ3n) is 1.58. The van der Waals surface area contributed by atoms with E-state index in [2.05, 4.69) is 11.1 Å². The Morgan fingerprint density at radius 2 is 2.17 bits per heavy atom. The number of hydrogen-bond acceptors (Lipinski definition) is 1. The predicted octanol–water partition coefficient (Wildman–Crippen LogP) is 3.34. The third kappa shape index (κ3) is 1.15. The van der Waals surface area contributed by atoms with E-state index in [-0.39, 0.29) is 0 Å². The van der Waals surface area contributed by atoms with Crippen LogP contribution in [0.4, 0.5) is 0 Å². The molecule has 0 amide bonds. The van der Waals surface area contributed by atoms with Crippen molar-refractivity contribution in [3.05, 3.63) is 40.5 Å². The molecule has 0 saturated heterocycles. The maximum atomic E-state index is 5.92. The minimum atomic E-state index is 0.464. The predicted molar refractivity (Wildman–Crippen MR) is 50.6 cm³/mol. The van der Waals surface area contributed by atoms with Gasteiger partial charge in [0.1, 0.15) is 0 Å². The van der Waals surface area contributed by atoms with Gasteiger partial charge in [-0.05, 0) is 12.1 Å². The number of rotatable bonds is 0. The zero-order chi connectivity index (χ0) is 8.55. The standard InChI is InChI=1S/C9H4Cl2N/c10-7-5-12-8-4-2-1-3-6(8)9(7)11/h1-2,4-5H. The van der Waals surface area contributed by atoms with Gasteiger partial charge >= 0.3 is 0 Å². The number of benzene rings is 1. The van der Waals surface area contributed by atoms with Crippen LogP contribution in [0.1, 0.15) is 0 Å². The van der Waals surface area contributed by atoms with Gasteiger partial charge in [0.05, 0.1) is 15.6 Å². The summed E-state index contributed by atoms with van der Waals surface area (Å²) >= 11 is 11.7. The molecule has 2 aromatic rings. The monoisotopic (exact) mass is 196 g/mol. The molecule has 2 rings (SSSR count). The SMILES string of the molecule is Clc1cnc2ccc[c]c2c1Cl. The van der Waals surface area contributed by atoms with Crippen molar-refractivity contribution in [2.45, 2.75) is 0 Å². The number of hydrogen-bond donors (Lipinski definition) is 0. The third-order valence-corrected chi connectivity index (χ3v) is 2.36. The fourth-order valence-electron chi connectivity index (χ4n) is 1.01. The zero-order valence-electron chi connectivity index (χ0n) is 6.01. The summed E-state index contributed by atoms with van der Waals surface area (Å²) in [6.45, 7) is 0. The highest BCUT2D eigenvalue weighted by molar-refractivity contribution is 6.44. The van der Waals surface area contributed by atoms with Gasteiger partial charge in [-0.15, -0.1) is 0 Å². The van der Waals surface area contributed by atoms with E-state index in [0.717, 1.165) is 10.9 Å². The molecule has 0 bridgehead atoms. The smallest absolute Gasteiger partial charge is 0.0782 e. The van der Waals surface area contributed by atoms with E-state index in [1.165, 1.54) is 0 Å². The Labute approximate surface area is 79.9 Å². The van der Waals surface area contributed by atoms with Gasteiger partial charge in [-0.2, -0.15) is 0 Å². The van der Waals surface area contributed by atoms with Crippen LogP contribution in [0.25, 0.3) is 10.9 Å². The van der Waals surface area contributed by atoms with E-state index in [1.807, 2.05) is 12.1 Å². The number of halogens is 2. The van der Waals surface area contributed by atoms with Crippen LogP contribution in [0.5, 0.6) is 0 Å². The Hall–Kier alpha value is -0.790. The second kappa shape index (κ2) is 2.92. The average Bonchev–Trinajstić information content (AvgIpc) is 2.12. The van der Waals surface area contributed by atoms with Crippen molar-refractivity contribution in [1.82, 2.24) is 4.98 Å². The molecule has 12 heavy (non-hydrogen) atoms. The maximum Gasteiger partial charge on any atom is 0.0782 e. The maximum absolute atomic E-state index is 5.92. The van der Waals surface area contributed by atoms with Crippen LogP contribution in [0.2, 0.25) is 10.0 Å². The lowest BCUT2D eigenvalue weighted by Gasteiger charge is -1.99. The van der Waals surface area contributed by atoms with Gasteiger partial charge in [0.25, 0.3) is 0 Å². The van der Waals surface area contributed by atoms with Crippen LogP contribution in [0, 0.1) is 6.07 Å². The van der Waals surface area contributed by atoms with Gasteiger partial charge in [-0.1, -0.05) is 35.3 Å². The van der Waals surface area contributed by atoms with E-state index >= 15 is 0 Å². The highest BCUT2D eigenvalue weighted by Gasteiger charge is 2.02. The fourth-order valence-corrected chi connectivity index (χ4v) is 1.36. The summed E-state index contributed by atoms with van der Waals surface area (Å²) in [6.07, 6.45) is 1.54. The van der Waals surface area contributed by atoms with E-state index in [0.29, 0.717) is 10.0 Å². The summed E-state index contributed by atoms with van der Waals surface area (Å²) in [5.74, 6) is 0. The van der Waals surface area contributed by atoms with Crippen molar-refractivity contribution in [3.8, 4) is 0 Å². The minimum absolute atomic E-state index is 0.464. The molecule has 0 unspecified atom stereocenters. The first-order valence-electron chi connectivity index (χ1n) is 3.39. The normalized spacial score (nSPS) is 10.5. The Kier molecular flexibility index (Phi) is 1.91. The highest BCUT2D eigenvalue weighted by Crippen LogP contribution is 2.27. The first-order valence-corrected chi connectivity index (χ1v) is 4.15. The molecule has 0 aliphatic rings. The Morgan fingerprint density at radius 1 is 1.33 bits per heavy atom. The number of nitrogens with zero attached hydrogens (tertiary/aromatic N) is 1. The molecule has 59 valence electrons. The van der Waals surface area contributed by atoms with Gasteiger partial charge in [-0.3, -0.25) is 4.98 Å². The molecular weight excluding hydrogens is 193 g/mol. The van der Waals surface area contributed by atoms with Crippen molar-refractivity contribution < 1.29 is 0 Å². The molecule has 1 aromatic heterocycles. The lowest BCUT2D eigenvalue weighted by molar-refractivity contribution is 1.41. The van der Waals surface area contributed by atoms with Gasteiger partial charge in [0.15, 0.2) is 0 Å². The van der Waals surface area contributed by atoms with Crippen molar-refractivity contribution in [2.24, 2.45) is 0 Å². The summed E-state index contributed by atoms with van der Waals surface area (Å²) < 4.78 is 0. The zero-order valence-corrected chi connectivity index (χ0v) is 7.52. The Bertz CT molecular complexity index is 426. The minimum Gasteiger partial charge on any atom is -0.255 e. The Balaban J connectivity index is 2.91. The van der Waals surface area contributed by atoms with Crippen LogP contribution in [-0.2, 0) is 0 Å². The molecule has 1 heterocycles. The first kappa shape index (κ1) is 7.84. The molecule has 0 aliphatic carbocycles. The molecule has 0 fully saturated rings. The van der Waals surface area contributed by atoms with E-state index in [9.17, 15) is 0 Å². The molecule has 0 aliphatic heterocycles. The molecule has 0 spiro atoms.